The summed E-state index contributed by atoms with van der Waals surface area (Å²) in [5, 5.41) is 6.56. The van der Waals surface area contributed by atoms with Crippen LogP contribution >= 0.6 is 0 Å². The molecule has 1 aromatic carbocycles. The van der Waals surface area contributed by atoms with Crippen molar-refractivity contribution in [3.05, 3.63) is 60.1 Å². The molecule has 26 heavy (non-hydrogen) atoms. The van der Waals surface area contributed by atoms with E-state index in [2.05, 4.69) is 39.9 Å². The first-order valence-corrected chi connectivity index (χ1v) is 8.94. The quantitative estimate of drug-likeness (QED) is 0.410. The maximum Gasteiger partial charge on any atom is 0.243 e. The highest BCUT2D eigenvalue weighted by molar-refractivity contribution is 5.84. The summed E-state index contributed by atoms with van der Waals surface area (Å²) in [5.74, 6) is 1.55. The number of carbonyl (C=O) groups is 1. The van der Waals surface area contributed by atoms with E-state index in [1.807, 2.05) is 18.2 Å². The van der Waals surface area contributed by atoms with Crippen molar-refractivity contribution < 1.29 is 9.21 Å². The smallest absolute Gasteiger partial charge is 0.243 e. The van der Waals surface area contributed by atoms with Gasteiger partial charge in [0.1, 0.15) is 12.3 Å². The van der Waals surface area contributed by atoms with Crippen molar-refractivity contribution in [2.45, 2.75) is 19.3 Å². The van der Waals surface area contributed by atoms with Crippen LogP contribution in [0.1, 0.15) is 17.7 Å². The summed E-state index contributed by atoms with van der Waals surface area (Å²) >= 11 is 0. The Balaban J connectivity index is 1.78. The second-order valence-corrected chi connectivity index (χ2v) is 6.23. The molecule has 0 saturated heterocycles. The Morgan fingerprint density at radius 3 is 2.50 bits per heavy atom. The summed E-state index contributed by atoms with van der Waals surface area (Å²) in [7, 11) is 3.46. The number of furan rings is 1. The summed E-state index contributed by atoms with van der Waals surface area (Å²) < 4.78 is 5.33. The highest BCUT2D eigenvalue weighted by Gasteiger charge is 2.05. The third-order valence-electron chi connectivity index (χ3n) is 3.89. The molecule has 0 aliphatic carbocycles. The first kappa shape index (κ1) is 19.6. The third kappa shape index (κ3) is 7.42. The topological polar surface area (TPSA) is 69.9 Å². The van der Waals surface area contributed by atoms with Gasteiger partial charge in [-0.05, 0) is 30.5 Å². The molecular formula is C20H28N4O2. The molecule has 0 fully saturated rings. The highest BCUT2D eigenvalue weighted by atomic mass is 16.3. The van der Waals surface area contributed by atoms with Crippen LogP contribution in [0.2, 0.25) is 0 Å². The van der Waals surface area contributed by atoms with Crippen LogP contribution in [0, 0.1) is 0 Å². The Morgan fingerprint density at radius 1 is 1.04 bits per heavy atom. The van der Waals surface area contributed by atoms with E-state index in [0.29, 0.717) is 12.5 Å². The minimum Gasteiger partial charge on any atom is -0.469 e. The zero-order valence-electron chi connectivity index (χ0n) is 15.6. The van der Waals surface area contributed by atoms with Gasteiger partial charge in [0.2, 0.25) is 5.91 Å². The number of nitrogens with zero attached hydrogens (tertiary/aromatic N) is 2. The second-order valence-electron chi connectivity index (χ2n) is 6.23. The van der Waals surface area contributed by atoms with Crippen LogP contribution in [0.4, 0.5) is 0 Å². The molecule has 2 N–H and O–H groups in total. The SMILES string of the molecule is CN(C)C(=O)CN=C(NCCCc1ccccc1)NCCc1ccco1. The summed E-state index contributed by atoms with van der Waals surface area (Å²) in [6, 6.07) is 14.2. The van der Waals surface area contributed by atoms with Crippen molar-refractivity contribution in [2.75, 3.05) is 33.7 Å². The molecule has 1 aromatic heterocycles. The number of aliphatic imine (C=N–C) groups is 1. The molecule has 0 bridgehead atoms. The Morgan fingerprint density at radius 2 is 1.81 bits per heavy atom. The lowest BCUT2D eigenvalue weighted by molar-refractivity contribution is -0.127. The molecule has 0 aliphatic heterocycles. The molecule has 2 rings (SSSR count). The minimum absolute atomic E-state index is 0.0265. The van der Waals surface area contributed by atoms with Gasteiger partial charge in [0, 0.05) is 33.6 Å². The fourth-order valence-corrected chi connectivity index (χ4v) is 2.37. The van der Waals surface area contributed by atoms with E-state index in [0.717, 1.165) is 31.6 Å². The number of aryl methyl sites for hydroxylation is 1. The molecule has 0 radical (unpaired) electrons. The van der Waals surface area contributed by atoms with Crippen LogP contribution in [0.15, 0.2) is 58.1 Å². The van der Waals surface area contributed by atoms with E-state index in [4.69, 9.17) is 4.42 Å². The molecule has 0 spiro atoms. The fraction of sp³-hybridized carbons (Fsp3) is 0.400. The summed E-state index contributed by atoms with van der Waals surface area (Å²) in [5.41, 5.74) is 1.32. The average Bonchev–Trinajstić information content (AvgIpc) is 3.16. The average molecular weight is 356 g/mol. The second kappa shape index (κ2) is 11.0. The Hall–Kier alpha value is -2.76. The standard InChI is InChI=1S/C20H28N4O2/c1-24(2)19(25)16-23-20(22-14-12-18-11-7-15-26-18)21-13-6-10-17-8-4-3-5-9-17/h3-5,7-9,11,15H,6,10,12-14,16H2,1-2H3,(H2,21,22,23). The van der Waals surface area contributed by atoms with Crippen LogP contribution in [0.25, 0.3) is 0 Å². The van der Waals surface area contributed by atoms with Crippen LogP contribution < -0.4 is 10.6 Å². The van der Waals surface area contributed by atoms with E-state index in [1.165, 1.54) is 5.56 Å². The van der Waals surface area contributed by atoms with Crippen molar-refractivity contribution in [3.8, 4) is 0 Å². The lowest BCUT2D eigenvalue weighted by Gasteiger charge is -2.13. The van der Waals surface area contributed by atoms with Gasteiger partial charge in [-0.1, -0.05) is 30.3 Å². The number of likely N-dealkylation sites (N-methyl/N-ethyl adjacent to an activating group) is 1. The monoisotopic (exact) mass is 356 g/mol. The van der Waals surface area contributed by atoms with Crippen LogP contribution in [0.5, 0.6) is 0 Å². The van der Waals surface area contributed by atoms with E-state index >= 15 is 0 Å². The number of carbonyl (C=O) groups excluding carboxylic acids is 1. The number of amides is 1. The molecule has 0 atom stereocenters. The molecule has 6 heteroatoms. The summed E-state index contributed by atoms with van der Waals surface area (Å²) in [4.78, 5) is 17.7. The predicted molar refractivity (Wildman–Crippen MR) is 104 cm³/mol. The lowest BCUT2D eigenvalue weighted by Crippen LogP contribution is -2.40. The van der Waals surface area contributed by atoms with Crippen molar-refractivity contribution in [1.29, 1.82) is 0 Å². The normalized spacial score (nSPS) is 11.2. The van der Waals surface area contributed by atoms with Crippen molar-refractivity contribution in [2.24, 2.45) is 4.99 Å². The minimum atomic E-state index is -0.0265. The van der Waals surface area contributed by atoms with Gasteiger partial charge < -0.3 is 20.0 Å². The molecular weight excluding hydrogens is 328 g/mol. The number of benzene rings is 1. The number of guanidine groups is 1. The number of nitrogens with one attached hydrogen (secondary N) is 2. The van der Waals surface area contributed by atoms with Gasteiger partial charge >= 0.3 is 0 Å². The van der Waals surface area contributed by atoms with Crippen LogP contribution in [-0.4, -0.2) is 50.5 Å². The van der Waals surface area contributed by atoms with Gasteiger partial charge in [-0.15, -0.1) is 0 Å². The predicted octanol–water partition coefficient (Wildman–Crippen LogP) is 2.08. The molecule has 2 aromatic rings. The molecule has 140 valence electrons. The van der Waals surface area contributed by atoms with Gasteiger partial charge in [-0.3, -0.25) is 4.79 Å². The molecule has 0 unspecified atom stereocenters. The van der Waals surface area contributed by atoms with Crippen molar-refractivity contribution in [1.82, 2.24) is 15.5 Å². The zero-order chi connectivity index (χ0) is 18.6. The summed E-state index contributed by atoms with van der Waals surface area (Å²) in [6.45, 7) is 1.60. The zero-order valence-corrected chi connectivity index (χ0v) is 15.6. The van der Waals surface area contributed by atoms with Gasteiger partial charge in [0.25, 0.3) is 0 Å². The Kier molecular flexibility index (Phi) is 8.26. The van der Waals surface area contributed by atoms with Crippen LogP contribution in [0.3, 0.4) is 0 Å². The Labute approximate surface area is 155 Å². The van der Waals surface area contributed by atoms with Gasteiger partial charge in [0.15, 0.2) is 5.96 Å². The van der Waals surface area contributed by atoms with Gasteiger partial charge in [-0.2, -0.15) is 0 Å². The first-order chi connectivity index (χ1) is 12.6. The van der Waals surface area contributed by atoms with E-state index in [-0.39, 0.29) is 12.5 Å². The number of rotatable bonds is 9. The molecule has 0 aliphatic rings. The first-order valence-electron chi connectivity index (χ1n) is 8.94. The molecule has 6 nitrogen and oxygen atoms in total. The third-order valence-corrected chi connectivity index (χ3v) is 3.89. The van der Waals surface area contributed by atoms with Gasteiger partial charge in [-0.25, -0.2) is 4.99 Å². The Bertz CT molecular complexity index is 666. The van der Waals surface area contributed by atoms with E-state index < -0.39 is 0 Å². The molecule has 0 saturated carbocycles. The van der Waals surface area contributed by atoms with E-state index in [1.54, 1.807) is 25.3 Å². The lowest BCUT2D eigenvalue weighted by atomic mass is 10.1. The van der Waals surface area contributed by atoms with E-state index in [9.17, 15) is 4.79 Å². The maximum absolute atomic E-state index is 11.8. The van der Waals surface area contributed by atoms with Gasteiger partial charge in [0.05, 0.1) is 6.26 Å². The molecule has 1 amide bonds. The largest absolute Gasteiger partial charge is 0.469 e. The maximum atomic E-state index is 11.8. The highest BCUT2D eigenvalue weighted by Crippen LogP contribution is 2.01. The molecule has 1 heterocycles. The summed E-state index contributed by atoms with van der Waals surface area (Å²) in [6.07, 6.45) is 4.43. The fourth-order valence-electron chi connectivity index (χ4n) is 2.37. The number of hydrogen-bond acceptors (Lipinski definition) is 3. The van der Waals surface area contributed by atoms with Crippen molar-refractivity contribution >= 4 is 11.9 Å². The van der Waals surface area contributed by atoms with Crippen LogP contribution in [-0.2, 0) is 17.6 Å². The van der Waals surface area contributed by atoms with Crippen molar-refractivity contribution in [3.63, 3.8) is 0 Å². The number of hydrogen-bond donors (Lipinski definition) is 2.